The maximum absolute atomic E-state index is 11.7. The average molecular weight is 312 g/mol. The van der Waals surface area contributed by atoms with Crippen molar-refractivity contribution in [2.45, 2.75) is 33.1 Å². The molecule has 3 N–H and O–H groups in total. The molecule has 0 bridgehead atoms. The molecule has 116 valence electrons. The van der Waals surface area contributed by atoms with Gasteiger partial charge in [0, 0.05) is 17.8 Å². The van der Waals surface area contributed by atoms with Gasteiger partial charge in [0.25, 0.3) is 0 Å². The zero-order valence-corrected chi connectivity index (χ0v) is 13.0. The van der Waals surface area contributed by atoms with Crippen molar-refractivity contribution in [1.82, 2.24) is 10.6 Å². The molecular weight excluding hydrogens is 292 g/mol. The van der Waals surface area contributed by atoms with E-state index in [0.717, 1.165) is 4.88 Å². The summed E-state index contributed by atoms with van der Waals surface area (Å²) in [6.45, 7) is 3.79. The van der Waals surface area contributed by atoms with Crippen LogP contribution in [0.3, 0.4) is 0 Å². The van der Waals surface area contributed by atoms with Gasteiger partial charge in [0.05, 0.1) is 6.42 Å². The van der Waals surface area contributed by atoms with Gasteiger partial charge in [-0.15, -0.1) is 11.3 Å². The number of hydrogen-bond donors (Lipinski definition) is 3. The predicted molar refractivity (Wildman–Crippen MR) is 80.2 cm³/mol. The Labute approximate surface area is 127 Å². The van der Waals surface area contributed by atoms with Crippen molar-refractivity contribution in [2.75, 3.05) is 6.54 Å². The SMILES string of the molecule is CC(C)(CC(=O)O)CC(=O)NC(=O)NCCc1cccs1. The van der Waals surface area contributed by atoms with E-state index < -0.39 is 23.3 Å². The van der Waals surface area contributed by atoms with Crippen LogP contribution in [0.2, 0.25) is 0 Å². The molecule has 0 unspecified atom stereocenters. The van der Waals surface area contributed by atoms with Crippen molar-refractivity contribution in [1.29, 1.82) is 0 Å². The number of rotatable bonds is 7. The molecule has 0 spiro atoms. The Hall–Kier alpha value is -1.89. The summed E-state index contributed by atoms with van der Waals surface area (Å²) >= 11 is 1.61. The van der Waals surface area contributed by atoms with Gasteiger partial charge in [0.1, 0.15) is 0 Å². The number of aliphatic carboxylic acids is 1. The van der Waals surface area contributed by atoms with E-state index in [4.69, 9.17) is 5.11 Å². The fraction of sp³-hybridized carbons (Fsp3) is 0.500. The second-order valence-corrected chi connectivity index (χ2v) is 6.58. The molecule has 1 aromatic rings. The molecule has 0 saturated heterocycles. The van der Waals surface area contributed by atoms with Gasteiger partial charge in [-0.25, -0.2) is 4.79 Å². The summed E-state index contributed by atoms with van der Waals surface area (Å²) in [5.74, 6) is -1.44. The lowest BCUT2D eigenvalue weighted by molar-refractivity contribution is -0.139. The second-order valence-electron chi connectivity index (χ2n) is 5.54. The van der Waals surface area contributed by atoms with E-state index in [1.807, 2.05) is 17.5 Å². The molecule has 21 heavy (non-hydrogen) atoms. The zero-order valence-electron chi connectivity index (χ0n) is 12.1. The first-order chi connectivity index (χ1) is 9.78. The van der Waals surface area contributed by atoms with Crippen LogP contribution in [0.5, 0.6) is 0 Å². The summed E-state index contributed by atoms with van der Waals surface area (Å²) in [5, 5.41) is 15.5. The first kappa shape index (κ1) is 17.2. The van der Waals surface area contributed by atoms with E-state index in [0.29, 0.717) is 13.0 Å². The minimum absolute atomic E-state index is 0.0162. The Morgan fingerprint density at radius 2 is 2.00 bits per heavy atom. The number of imide groups is 1. The van der Waals surface area contributed by atoms with Crippen LogP contribution in [0.15, 0.2) is 17.5 Å². The third kappa shape index (κ3) is 7.45. The third-order valence-corrected chi connectivity index (χ3v) is 3.70. The molecule has 6 nitrogen and oxygen atoms in total. The van der Waals surface area contributed by atoms with Gasteiger partial charge in [-0.3, -0.25) is 14.9 Å². The predicted octanol–water partition coefficient (Wildman–Crippen LogP) is 2.01. The van der Waals surface area contributed by atoms with E-state index in [9.17, 15) is 14.4 Å². The first-order valence-corrected chi connectivity index (χ1v) is 7.48. The van der Waals surface area contributed by atoms with Gasteiger partial charge >= 0.3 is 12.0 Å². The van der Waals surface area contributed by atoms with E-state index in [1.165, 1.54) is 0 Å². The number of carbonyl (C=O) groups is 3. The number of carbonyl (C=O) groups excluding carboxylic acids is 2. The Balaban J connectivity index is 2.27. The van der Waals surface area contributed by atoms with E-state index >= 15 is 0 Å². The smallest absolute Gasteiger partial charge is 0.321 e. The average Bonchev–Trinajstić information content (AvgIpc) is 2.78. The topological polar surface area (TPSA) is 95.5 Å². The molecule has 0 fully saturated rings. The van der Waals surface area contributed by atoms with Crippen LogP contribution in [0.1, 0.15) is 31.6 Å². The molecule has 3 amide bonds. The number of carboxylic acid groups (broad SMARTS) is 1. The lowest BCUT2D eigenvalue weighted by Gasteiger charge is -2.21. The van der Waals surface area contributed by atoms with Crippen molar-refractivity contribution in [2.24, 2.45) is 5.41 Å². The van der Waals surface area contributed by atoms with Crippen LogP contribution in [0.4, 0.5) is 4.79 Å². The van der Waals surface area contributed by atoms with Gasteiger partial charge in [-0.1, -0.05) is 19.9 Å². The van der Waals surface area contributed by atoms with Crippen molar-refractivity contribution in [3.63, 3.8) is 0 Å². The van der Waals surface area contributed by atoms with Gasteiger partial charge < -0.3 is 10.4 Å². The van der Waals surface area contributed by atoms with Crippen LogP contribution in [0, 0.1) is 5.41 Å². The number of nitrogens with one attached hydrogen (secondary N) is 2. The molecular formula is C14H20N2O4S. The standard InChI is InChI=1S/C14H20N2O4S/c1-14(2,9-12(18)19)8-11(17)16-13(20)15-6-5-10-4-3-7-21-10/h3-4,7H,5-6,8-9H2,1-2H3,(H,18,19)(H2,15,16,17,20). The van der Waals surface area contributed by atoms with Crippen molar-refractivity contribution in [3.8, 4) is 0 Å². The maximum atomic E-state index is 11.7. The van der Waals surface area contributed by atoms with Crippen LogP contribution in [-0.4, -0.2) is 29.6 Å². The number of amides is 3. The van der Waals surface area contributed by atoms with Crippen molar-refractivity contribution < 1.29 is 19.5 Å². The molecule has 0 atom stereocenters. The summed E-state index contributed by atoms with van der Waals surface area (Å²) in [4.78, 5) is 35.0. The fourth-order valence-electron chi connectivity index (χ4n) is 1.88. The Kier molecular flexibility index (Phi) is 6.36. The van der Waals surface area contributed by atoms with Crippen LogP contribution < -0.4 is 10.6 Å². The molecule has 0 radical (unpaired) electrons. The highest BCUT2D eigenvalue weighted by Crippen LogP contribution is 2.24. The van der Waals surface area contributed by atoms with Gasteiger partial charge in [-0.05, 0) is 23.3 Å². The zero-order chi connectivity index (χ0) is 15.9. The largest absolute Gasteiger partial charge is 0.481 e. The quantitative estimate of drug-likeness (QED) is 0.717. The second kappa shape index (κ2) is 7.78. The third-order valence-electron chi connectivity index (χ3n) is 2.76. The molecule has 1 aromatic heterocycles. The van der Waals surface area contributed by atoms with E-state index in [1.54, 1.807) is 25.2 Å². The normalized spacial score (nSPS) is 11.0. The minimum Gasteiger partial charge on any atom is -0.481 e. The lowest BCUT2D eigenvalue weighted by Crippen LogP contribution is -2.41. The summed E-state index contributed by atoms with van der Waals surface area (Å²) < 4.78 is 0. The Morgan fingerprint density at radius 3 is 2.57 bits per heavy atom. The van der Waals surface area contributed by atoms with Crippen LogP contribution in [-0.2, 0) is 16.0 Å². The van der Waals surface area contributed by atoms with Gasteiger partial charge in [0.15, 0.2) is 0 Å². The summed E-state index contributed by atoms with van der Waals surface area (Å²) in [6, 6.07) is 3.36. The molecule has 0 aliphatic carbocycles. The van der Waals surface area contributed by atoms with E-state index in [2.05, 4.69) is 10.6 Å². The molecule has 7 heteroatoms. The Bertz CT molecular complexity index is 497. The van der Waals surface area contributed by atoms with Crippen LogP contribution >= 0.6 is 11.3 Å². The molecule has 1 heterocycles. The Morgan fingerprint density at radius 1 is 1.29 bits per heavy atom. The van der Waals surface area contributed by atoms with Crippen molar-refractivity contribution in [3.05, 3.63) is 22.4 Å². The maximum Gasteiger partial charge on any atom is 0.321 e. The summed E-state index contributed by atoms with van der Waals surface area (Å²) in [6.07, 6.45) is 0.571. The number of urea groups is 1. The lowest BCUT2D eigenvalue weighted by atomic mass is 9.85. The highest BCUT2D eigenvalue weighted by molar-refractivity contribution is 7.09. The number of thiophene rings is 1. The van der Waals surface area contributed by atoms with Gasteiger partial charge in [-0.2, -0.15) is 0 Å². The van der Waals surface area contributed by atoms with Crippen molar-refractivity contribution >= 4 is 29.2 Å². The van der Waals surface area contributed by atoms with Crippen LogP contribution in [0.25, 0.3) is 0 Å². The monoisotopic (exact) mass is 312 g/mol. The fourth-order valence-corrected chi connectivity index (χ4v) is 2.58. The number of carboxylic acids is 1. The summed E-state index contributed by atoms with van der Waals surface area (Å²) in [5.41, 5.74) is -0.687. The number of hydrogen-bond acceptors (Lipinski definition) is 4. The van der Waals surface area contributed by atoms with E-state index in [-0.39, 0.29) is 12.8 Å². The molecule has 0 aliphatic heterocycles. The molecule has 0 saturated carbocycles. The minimum atomic E-state index is -0.965. The molecule has 0 aliphatic rings. The van der Waals surface area contributed by atoms with Gasteiger partial charge in [0.2, 0.25) is 5.91 Å². The molecule has 0 aromatic carbocycles. The summed E-state index contributed by atoms with van der Waals surface area (Å²) in [7, 11) is 0. The first-order valence-electron chi connectivity index (χ1n) is 6.60. The highest BCUT2D eigenvalue weighted by atomic mass is 32.1. The molecule has 1 rings (SSSR count). The highest BCUT2D eigenvalue weighted by Gasteiger charge is 2.25.